The Bertz CT molecular complexity index is 724. The molecule has 2 aromatic rings. The number of nitrogens with zero attached hydrogens (tertiary/aromatic N) is 3. The van der Waals surface area contributed by atoms with Crippen LogP contribution in [0, 0.1) is 11.3 Å². The Labute approximate surface area is 140 Å². The van der Waals surface area contributed by atoms with Crippen LogP contribution < -0.4 is 4.74 Å². The summed E-state index contributed by atoms with van der Waals surface area (Å²) in [6.07, 6.45) is 0. The zero-order valence-corrected chi connectivity index (χ0v) is 13.9. The highest BCUT2D eigenvalue weighted by Gasteiger charge is 2.12. The first kappa shape index (κ1) is 16.1. The van der Waals surface area contributed by atoms with Gasteiger partial charge in [-0.05, 0) is 24.3 Å². The van der Waals surface area contributed by atoms with Gasteiger partial charge in [0.25, 0.3) is 0 Å². The molecule has 5 nitrogen and oxygen atoms in total. The molecule has 2 heterocycles. The van der Waals surface area contributed by atoms with Gasteiger partial charge in [0.05, 0.1) is 31.4 Å². The third-order valence-electron chi connectivity index (χ3n) is 3.86. The van der Waals surface area contributed by atoms with E-state index in [-0.39, 0.29) is 0 Å². The molecule has 120 valence electrons. The first-order valence-corrected chi connectivity index (χ1v) is 8.60. The average Bonchev–Trinajstić information content (AvgIpc) is 2.61. The highest BCUT2D eigenvalue weighted by Crippen LogP contribution is 2.27. The first-order chi connectivity index (χ1) is 11.3. The Kier molecular flexibility index (Phi) is 5.34. The lowest BCUT2D eigenvalue weighted by Gasteiger charge is -2.26. The molecule has 0 radical (unpaired) electrons. The summed E-state index contributed by atoms with van der Waals surface area (Å²) >= 11 is 1.64. The summed E-state index contributed by atoms with van der Waals surface area (Å²) in [6.45, 7) is 4.57. The lowest BCUT2D eigenvalue weighted by molar-refractivity contribution is 0.0410. The quantitative estimate of drug-likeness (QED) is 0.786. The zero-order chi connectivity index (χ0) is 16.1. The Balaban J connectivity index is 1.73. The van der Waals surface area contributed by atoms with Crippen LogP contribution in [0.2, 0.25) is 0 Å². The van der Waals surface area contributed by atoms with Crippen LogP contribution in [0.5, 0.6) is 5.75 Å². The lowest BCUT2D eigenvalue weighted by atomic mass is 10.1. The van der Waals surface area contributed by atoms with Crippen molar-refractivity contribution in [2.75, 3.05) is 45.7 Å². The maximum Gasteiger partial charge on any atom is 0.119 e. The molecule has 0 spiro atoms. The summed E-state index contributed by atoms with van der Waals surface area (Å²) in [5.41, 5.74) is 1.51. The van der Waals surface area contributed by atoms with Crippen LogP contribution >= 0.6 is 11.8 Å². The second-order valence-electron chi connectivity index (χ2n) is 5.31. The van der Waals surface area contributed by atoms with Crippen molar-refractivity contribution >= 4 is 22.7 Å². The van der Waals surface area contributed by atoms with Crippen LogP contribution in [0.15, 0.2) is 29.3 Å². The van der Waals surface area contributed by atoms with E-state index >= 15 is 0 Å². The topological polar surface area (TPSA) is 58.4 Å². The summed E-state index contributed by atoms with van der Waals surface area (Å²) in [5.74, 6) is 1.69. The number of hydrogen-bond acceptors (Lipinski definition) is 6. The van der Waals surface area contributed by atoms with Gasteiger partial charge in [0.15, 0.2) is 0 Å². The van der Waals surface area contributed by atoms with Crippen molar-refractivity contribution in [3.63, 3.8) is 0 Å². The fraction of sp³-hybridized carbons (Fsp3) is 0.412. The second-order valence-corrected chi connectivity index (χ2v) is 6.40. The molecule has 0 unspecified atom stereocenters. The molecule has 0 aliphatic carbocycles. The van der Waals surface area contributed by atoms with E-state index in [1.807, 2.05) is 24.3 Å². The van der Waals surface area contributed by atoms with Crippen molar-refractivity contribution in [3.05, 3.63) is 29.8 Å². The van der Waals surface area contributed by atoms with Gasteiger partial charge in [-0.15, -0.1) is 11.8 Å². The number of fused-ring (bicyclic) bond motifs is 1. The SMILES string of the molecule is COc1ccc2nc(SCCN3CCOCC3)c(C#N)cc2c1. The molecule has 23 heavy (non-hydrogen) atoms. The molecule has 0 bridgehead atoms. The van der Waals surface area contributed by atoms with Gasteiger partial charge in [0.2, 0.25) is 0 Å². The average molecular weight is 329 g/mol. The van der Waals surface area contributed by atoms with Crippen molar-refractivity contribution in [2.24, 2.45) is 0 Å². The Morgan fingerprint density at radius 3 is 2.91 bits per heavy atom. The van der Waals surface area contributed by atoms with E-state index in [0.29, 0.717) is 5.56 Å². The highest BCUT2D eigenvalue weighted by molar-refractivity contribution is 7.99. The van der Waals surface area contributed by atoms with Gasteiger partial charge in [-0.3, -0.25) is 4.90 Å². The van der Waals surface area contributed by atoms with Crippen molar-refractivity contribution < 1.29 is 9.47 Å². The molecule has 3 rings (SSSR count). The number of ether oxygens (including phenoxy) is 2. The maximum absolute atomic E-state index is 9.39. The van der Waals surface area contributed by atoms with E-state index < -0.39 is 0 Å². The van der Waals surface area contributed by atoms with Crippen molar-refractivity contribution in [3.8, 4) is 11.8 Å². The molecule has 1 aromatic carbocycles. The number of thioether (sulfide) groups is 1. The van der Waals surface area contributed by atoms with Crippen LogP contribution in [-0.4, -0.2) is 55.6 Å². The Morgan fingerprint density at radius 1 is 1.35 bits per heavy atom. The van der Waals surface area contributed by atoms with E-state index in [1.54, 1.807) is 18.9 Å². The smallest absolute Gasteiger partial charge is 0.119 e. The van der Waals surface area contributed by atoms with Gasteiger partial charge >= 0.3 is 0 Å². The van der Waals surface area contributed by atoms with E-state index in [4.69, 9.17) is 9.47 Å². The van der Waals surface area contributed by atoms with E-state index in [0.717, 1.165) is 60.3 Å². The molecule has 0 amide bonds. The van der Waals surface area contributed by atoms with E-state index in [1.165, 1.54) is 0 Å². The third kappa shape index (κ3) is 3.94. The van der Waals surface area contributed by atoms with Gasteiger partial charge in [-0.25, -0.2) is 4.98 Å². The number of morpholine rings is 1. The molecular formula is C17H19N3O2S. The van der Waals surface area contributed by atoms with E-state index in [9.17, 15) is 5.26 Å². The van der Waals surface area contributed by atoms with Gasteiger partial charge < -0.3 is 9.47 Å². The maximum atomic E-state index is 9.39. The highest BCUT2D eigenvalue weighted by atomic mass is 32.2. The number of benzene rings is 1. The van der Waals surface area contributed by atoms with Gasteiger partial charge in [0, 0.05) is 30.8 Å². The normalized spacial score (nSPS) is 15.5. The van der Waals surface area contributed by atoms with Gasteiger partial charge in [0.1, 0.15) is 16.8 Å². The largest absolute Gasteiger partial charge is 0.497 e. The molecule has 6 heteroatoms. The minimum atomic E-state index is 0.623. The molecule has 1 fully saturated rings. The number of aromatic nitrogens is 1. The van der Waals surface area contributed by atoms with Gasteiger partial charge in [-0.1, -0.05) is 0 Å². The minimum absolute atomic E-state index is 0.623. The van der Waals surface area contributed by atoms with Crippen molar-refractivity contribution in [1.82, 2.24) is 9.88 Å². The molecule has 0 N–H and O–H groups in total. The third-order valence-corrected chi connectivity index (χ3v) is 4.83. The van der Waals surface area contributed by atoms with Crippen LogP contribution in [0.3, 0.4) is 0 Å². The fourth-order valence-corrected chi connectivity index (χ4v) is 3.52. The number of hydrogen-bond donors (Lipinski definition) is 0. The summed E-state index contributed by atoms with van der Waals surface area (Å²) in [5, 5.41) is 11.1. The predicted molar refractivity (Wildman–Crippen MR) is 91.0 cm³/mol. The lowest BCUT2D eigenvalue weighted by Crippen LogP contribution is -2.37. The Hall–Kier alpha value is -1.81. The van der Waals surface area contributed by atoms with Crippen molar-refractivity contribution in [1.29, 1.82) is 5.26 Å². The molecule has 1 aliphatic heterocycles. The predicted octanol–water partition coefficient (Wildman–Crippen LogP) is 2.54. The molecular weight excluding hydrogens is 310 g/mol. The summed E-state index contributed by atoms with van der Waals surface area (Å²) in [7, 11) is 1.63. The molecule has 1 aromatic heterocycles. The molecule has 1 saturated heterocycles. The number of methoxy groups -OCH3 is 1. The van der Waals surface area contributed by atoms with Gasteiger partial charge in [-0.2, -0.15) is 5.26 Å². The van der Waals surface area contributed by atoms with Crippen LogP contribution in [0.1, 0.15) is 5.56 Å². The number of rotatable bonds is 5. The molecule has 0 atom stereocenters. The zero-order valence-electron chi connectivity index (χ0n) is 13.1. The summed E-state index contributed by atoms with van der Waals surface area (Å²) < 4.78 is 10.6. The summed E-state index contributed by atoms with van der Waals surface area (Å²) in [4.78, 5) is 7.03. The Morgan fingerprint density at radius 2 is 2.17 bits per heavy atom. The number of nitriles is 1. The first-order valence-electron chi connectivity index (χ1n) is 7.62. The summed E-state index contributed by atoms with van der Waals surface area (Å²) in [6, 6.07) is 9.88. The minimum Gasteiger partial charge on any atom is -0.497 e. The van der Waals surface area contributed by atoms with Crippen LogP contribution in [-0.2, 0) is 4.74 Å². The number of pyridine rings is 1. The van der Waals surface area contributed by atoms with Crippen LogP contribution in [0.4, 0.5) is 0 Å². The molecule has 0 saturated carbocycles. The van der Waals surface area contributed by atoms with E-state index in [2.05, 4.69) is 16.0 Å². The molecule has 1 aliphatic rings. The van der Waals surface area contributed by atoms with Crippen molar-refractivity contribution in [2.45, 2.75) is 5.03 Å². The standard InChI is InChI=1S/C17H19N3O2S/c1-21-15-2-3-16-13(11-15)10-14(12-18)17(19-16)23-9-6-20-4-7-22-8-5-20/h2-3,10-11H,4-9H2,1H3. The monoisotopic (exact) mass is 329 g/mol. The van der Waals surface area contributed by atoms with Crippen LogP contribution in [0.25, 0.3) is 10.9 Å². The second kappa shape index (κ2) is 7.64. The fourth-order valence-electron chi connectivity index (χ4n) is 2.55.